The Labute approximate surface area is 157 Å². The van der Waals surface area contributed by atoms with E-state index in [-0.39, 0.29) is 11.1 Å². The highest BCUT2D eigenvalue weighted by atomic mass is 79.9. The first-order valence-electron chi connectivity index (χ1n) is 8.23. The van der Waals surface area contributed by atoms with Crippen molar-refractivity contribution in [2.45, 2.75) is 19.4 Å². The van der Waals surface area contributed by atoms with Gasteiger partial charge in [-0.15, -0.1) is 0 Å². The predicted molar refractivity (Wildman–Crippen MR) is 100 cm³/mol. The number of fused-ring (bicyclic) bond motifs is 1. The summed E-state index contributed by atoms with van der Waals surface area (Å²) < 4.78 is 17.4. The maximum atomic E-state index is 13.7. The number of para-hydroxylation sites is 1. The fraction of sp³-hybridized carbons (Fsp3) is 0.158. The fourth-order valence-corrected chi connectivity index (χ4v) is 3.54. The number of nitrogens with zero attached hydrogens (tertiary/aromatic N) is 2. The Kier molecular flexibility index (Phi) is 4.24. The molecule has 2 aromatic carbocycles. The molecule has 5 nitrogen and oxygen atoms in total. The Balaban J connectivity index is 1.76. The molecule has 1 amide bonds. The topological polar surface area (TPSA) is 56.0 Å². The molecule has 1 N–H and O–H groups in total. The number of hydrogen-bond donors (Lipinski definition) is 1. The average molecular weight is 416 g/mol. The summed E-state index contributed by atoms with van der Waals surface area (Å²) in [6, 6.07) is 13.5. The molecule has 0 atom stereocenters. The van der Waals surface area contributed by atoms with Crippen LogP contribution in [0.15, 0.2) is 57.8 Å². The van der Waals surface area contributed by atoms with Gasteiger partial charge in [-0.2, -0.15) is 0 Å². The van der Waals surface area contributed by atoms with Gasteiger partial charge in [0, 0.05) is 12.2 Å². The zero-order valence-electron chi connectivity index (χ0n) is 13.7. The molecule has 3 aromatic rings. The molecule has 0 bridgehead atoms. The minimum atomic E-state index is -0.517. The Morgan fingerprint density at radius 3 is 2.65 bits per heavy atom. The zero-order chi connectivity index (χ0) is 18.3. The summed E-state index contributed by atoms with van der Waals surface area (Å²) in [5.74, 6) is -0.997. The molecule has 7 heteroatoms. The van der Waals surface area contributed by atoms with E-state index in [1.807, 2.05) is 35.0 Å². The summed E-state index contributed by atoms with van der Waals surface area (Å²) in [6.45, 7) is 0.680. The van der Waals surface area contributed by atoms with Crippen LogP contribution in [0.5, 0.6) is 0 Å². The summed E-state index contributed by atoms with van der Waals surface area (Å²) >= 11 is 3.08. The highest BCUT2D eigenvalue weighted by molar-refractivity contribution is 9.10. The third-order valence-electron chi connectivity index (χ3n) is 4.44. The maximum absolute atomic E-state index is 13.7. The SMILES string of the molecule is O=C(Nc1ccc(Br)c(F)c1)c1c2n(n(-c3ccccc3)c1=O)CCC2. The number of anilines is 1. The summed E-state index contributed by atoms with van der Waals surface area (Å²) in [7, 11) is 0. The smallest absolute Gasteiger partial charge is 0.284 e. The third kappa shape index (κ3) is 2.78. The lowest BCUT2D eigenvalue weighted by atomic mass is 10.1. The molecule has 26 heavy (non-hydrogen) atoms. The van der Waals surface area contributed by atoms with Crippen LogP contribution in [0, 0.1) is 5.82 Å². The Hall–Kier alpha value is -2.67. The first-order valence-corrected chi connectivity index (χ1v) is 9.02. The van der Waals surface area contributed by atoms with Gasteiger partial charge < -0.3 is 5.32 Å². The maximum Gasteiger partial charge on any atom is 0.284 e. The van der Waals surface area contributed by atoms with Crippen LogP contribution < -0.4 is 10.9 Å². The molecule has 1 aromatic heterocycles. The molecule has 0 unspecified atom stereocenters. The van der Waals surface area contributed by atoms with E-state index in [1.54, 1.807) is 10.7 Å². The van der Waals surface area contributed by atoms with Crippen molar-refractivity contribution in [1.82, 2.24) is 9.36 Å². The van der Waals surface area contributed by atoms with Gasteiger partial charge in [-0.25, -0.2) is 9.07 Å². The number of amides is 1. The molecule has 2 heterocycles. The van der Waals surface area contributed by atoms with Crippen LogP contribution in [-0.4, -0.2) is 15.3 Å². The summed E-state index contributed by atoms with van der Waals surface area (Å²) in [4.78, 5) is 25.7. The highest BCUT2D eigenvalue weighted by Crippen LogP contribution is 2.23. The van der Waals surface area contributed by atoms with Crippen molar-refractivity contribution in [2.75, 3.05) is 5.32 Å². The van der Waals surface area contributed by atoms with E-state index in [9.17, 15) is 14.0 Å². The first kappa shape index (κ1) is 16.8. The van der Waals surface area contributed by atoms with Gasteiger partial charge in [0.1, 0.15) is 11.4 Å². The van der Waals surface area contributed by atoms with Crippen molar-refractivity contribution < 1.29 is 9.18 Å². The van der Waals surface area contributed by atoms with Crippen molar-refractivity contribution in [2.24, 2.45) is 0 Å². The molecule has 0 saturated heterocycles. The summed E-state index contributed by atoms with van der Waals surface area (Å²) in [6.07, 6.45) is 1.53. The van der Waals surface area contributed by atoms with E-state index in [0.717, 1.165) is 12.1 Å². The van der Waals surface area contributed by atoms with Gasteiger partial charge in [-0.1, -0.05) is 18.2 Å². The lowest BCUT2D eigenvalue weighted by Crippen LogP contribution is -2.26. The highest BCUT2D eigenvalue weighted by Gasteiger charge is 2.28. The molecule has 132 valence electrons. The molecule has 4 rings (SSSR count). The standard InChI is InChI=1S/C19H15BrFN3O2/c20-14-9-8-12(11-15(14)21)22-18(25)17-16-7-4-10-23(16)24(19(17)26)13-5-2-1-3-6-13/h1-3,5-6,8-9,11H,4,7,10H2,(H,22,25). The van der Waals surface area contributed by atoms with Crippen molar-refractivity contribution >= 4 is 27.5 Å². The fourth-order valence-electron chi connectivity index (χ4n) is 3.30. The monoisotopic (exact) mass is 415 g/mol. The van der Waals surface area contributed by atoms with Crippen LogP contribution in [0.1, 0.15) is 22.5 Å². The predicted octanol–water partition coefficient (Wildman–Crippen LogP) is 3.74. The molecular formula is C19H15BrFN3O2. The second-order valence-corrected chi connectivity index (χ2v) is 6.94. The van der Waals surface area contributed by atoms with Crippen LogP contribution in [0.2, 0.25) is 0 Å². The van der Waals surface area contributed by atoms with Crippen molar-refractivity contribution in [3.8, 4) is 5.69 Å². The van der Waals surface area contributed by atoms with Crippen LogP contribution in [0.4, 0.5) is 10.1 Å². The molecule has 1 aliphatic rings. The Bertz CT molecular complexity index is 1060. The van der Waals surface area contributed by atoms with E-state index in [2.05, 4.69) is 21.2 Å². The van der Waals surface area contributed by atoms with E-state index >= 15 is 0 Å². The second-order valence-electron chi connectivity index (χ2n) is 6.08. The normalized spacial score (nSPS) is 12.8. The first-order chi connectivity index (χ1) is 12.6. The van der Waals surface area contributed by atoms with Crippen molar-refractivity contribution in [3.05, 3.63) is 80.4 Å². The van der Waals surface area contributed by atoms with Crippen molar-refractivity contribution in [1.29, 1.82) is 0 Å². The number of hydrogen-bond acceptors (Lipinski definition) is 2. The molecular weight excluding hydrogens is 401 g/mol. The average Bonchev–Trinajstić information content (AvgIpc) is 3.18. The number of carbonyl (C=O) groups is 1. The number of benzene rings is 2. The van der Waals surface area contributed by atoms with Crippen LogP contribution >= 0.6 is 15.9 Å². The second kappa shape index (κ2) is 6.57. The quantitative estimate of drug-likeness (QED) is 0.708. The van der Waals surface area contributed by atoms with E-state index < -0.39 is 11.7 Å². The molecule has 0 fully saturated rings. The van der Waals surface area contributed by atoms with Crippen molar-refractivity contribution in [3.63, 3.8) is 0 Å². The summed E-state index contributed by atoms with van der Waals surface area (Å²) in [5.41, 5.74) is 1.50. The van der Waals surface area contributed by atoms with E-state index in [1.165, 1.54) is 12.1 Å². The Morgan fingerprint density at radius 1 is 1.15 bits per heavy atom. The zero-order valence-corrected chi connectivity index (χ0v) is 15.3. The van der Waals surface area contributed by atoms with Gasteiger partial charge in [-0.05, 0) is 59.1 Å². The van der Waals surface area contributed by atoms with Crippen LogP contribution in [0.25, 0.3) is 5.69 Å². The molecule has 1 aliphatic heterocycles. The van der Waals surface area contributed by atoms with E-state index in [4.69, 9.17) is 0 Å². The summed E-state index contributed by atoms with van der Waals surface area (Å²) in [5, 5.41) is 2.64. The number of halogens is 2. The minimum absolute atomic E-state index is 0.120. The molecule has 0 radical (unpaired) electrons. The number of aromatic nitrogens is 2. The lowest BCUT2D eigenvalue weighted by molar-refractivity contribution is 0.102. The van der Waals surface area contributed by atoms with Gasteiger partial charge >= 0.3 is 0 Å². The number of nitrogens with one attached hydrogen (secondary N) is 1. The largest absolute Gasteiger partial charge is 0.322 e. The van der Waals surface area contributed by atoms with Crippen LogP contribution in [-0.2, 0) is 13.0 Å². The number of rotatable bonds is 3. The number of carbonyl (C=O) groups excluding carboxylic acids is 1. The minimum Gasteiger partial charge on any atom is -0.322 e. The van der Waals surface area contributed by atoms with Crippen LogP contribution in [0.3, 0.4) is 0 Å². The lowest BCUT2D eigenvalue weighted by Gasteiger charge is -2.08. The van der Waals surface area contributed by atoms with E-state index in [0.29, 0.717) is 28.8 Å². The Morgan fingerprint density at radius 2 is 1.92 bits per heavy atom. The molecule has 0 aliphatic carbocycles. The van der Waals surface area contributed by atoms with Gasteiger partial charge in [-0.3, -0.25) is 14.3 Å². The van der Waals surface area contributed by atoms with Gasteiger partial charge in [0.05, 0.1) is 15.9 Å². The van der Waals surface area contributed by atoms with Gasteiger partial charge in [0.15, 0.2) is 0 Å². The third-order valence-corrected chi connectivity index (χ3v) is 5.08. The molecule has 0 spiro atoms. The van der Waals surface area contributed by atoms with Gasteiger partial charge in [0.2, 0.25) is 0 Å². The molecule has 0 saturated carbocycles. The van der Waals surface area contributed by atoms with Gasteiger partial charge in [0.25, 0.3) is 11.5 Å².